The first-order valence-electron chi connectivity index (χ1n) is 6.17. The molecule has 0 saturated carbocycles. The Kier molecular flexibility index (Phi) is 2.71. The van der Waals surface area contributed by atoms with Crippen molar-refractivity contribution < 1.29 is 13.9 Å². The van der Waals surface area contributed by atoms with Gasteiger partial charge in [0.1, 0.15) is 5.82 Å². The van der Waals surface area contributed by atoms with Crippen LogP contribution < -0.4 is 0 Å². The lowest BCUT2D eigenvalue weighted by molar-refractivity contribution is -0.0149. The summed E-state index contributed by atoms with van der Waals surface area (Å²) in [6, 6.07) is 5.85. The summed E-state index contributed by atoms with van der Waals surface area (Å²) in [6.45, 7) is 0. The van der Waals surface area contributed by atoms with E-state index in [1.807, 2.05) is 0 Å². The highest BCUT2D eigenvalue weighted by Crippen LogP contribution is 2.37. The Morgan fingerprint density at radius 3 is 2.29 bits per heavy atom. The van der Waals surface area contributed by atoms with Crippen LogP contribution in [-0.4, -0.2) is 18.0 Å². The van der Waals surface area contributed by atoms with E-state index >= 15 is 0 Å². The van der Waals surface area contributed by atoms with E-state index in [0.717, 1.165) is 25.7 Å². The maximum Gasteiger partial charge on any atom is 0.166 e. The van der Waals surface area contributed by atoms with Crippen LogP contribution in [0.5, 0.6) is 0 Å². The van der Waals surface area contributed by atoms with Crippen molar-refractivity contribution in [2.45, 2.75) is 37.9 Å². The van der Waals surface area contributed by atoms with E-state index in [9.17, 15) is 9.18 Å². The highest BCUT2D eigenvalue weighted by molar-refractivity contribution is 5.97. The SMILES string of the molecule is O=C(c1ccc(F)cc1)C1CC2CCC(C1)O2. The van der Waals surface area contributed by atoms with E-state index in [2.05, 4.69) is 0 Å². The molecule has 1 aromatic rings. The molecule has 2 aliphatic heterocycles. The molecule has 0 amide bonds. The van der Waals surface area contributed by atoms with Crippen molar-refractivity contribution >= 4 is 5.78 Å². The van der Waals surface area contributed by atoms with Gasteiger partial charge in [-0.25, -0.2) is 4.39 Å². The van der Waals surface area contributed by atoms with Gasteiger partial charge in [-0.3, -0.25) is 4.79 Å². The average Bonchev–Trinajstić information content (AvgIpc) is 2.68. The number of benzene rings is 1. The van der Waals surface area contributed by atoms with E-state index in [1.54, 1.807) is 12.1 Å². The summed E-state index contributed by atoms with van der Waals surface area (Å²) in [5, 5.41) is 0. The smallest absolute Gasteiger partial charge is 0.166 e. The molecule has 1 aromatic carbocycles. The van der Waals surface area contributed by atoms with E-state index < -0.39 is 0 Å². The predicted octanol–water partition coefficient (Wildman–Crippen LogP) is 2.97. The highest BCUT2D eigenvalue weighted by atomic mass is 19.1. The summed E-state index contributed by atoms with van der Waals surface area (Å²) in [6.07, 6.45) is 4.35. The number of carbonyl (C=O) groups is 1. The third-order valence-corrected chi connectivity index (χ3v) is 3.79. The maximum atomic E-state index is 12.8. The van der Waals surface area contributed by atoms with Crippen molar-refractivity contribution in [1.29, 1.82) is 0 Å². The second kappa shape index (κ2) is 4.22. The molecular weight excluding hydrogens is 219 g/mol. The molecule has 0 spiro atoms. The van der Waals surface area contributed by atoms with Crippen LogP contribution in [0.1, 0.15) is 36.0 Å². The fourth-order valence-electron chi connectivity index (χ4n) is 2.92. The van der Waals surface area contributed by atoms with Crippen molar-refractivity contribution in [3.8, 4) is 0 Å². The topological polar surface area (TPSA) is 26.3 Å². The standard InChI is InChI=1S/C14H15FO2/c15-11-3-1-9(2-4-11)14(16)10-7-12-5-6-13(8-10)17-12/h1-4,10,12-13H,5-8H2. The zero-order valence-corrected chi connectivity index (χ0v) is 9.56. The largest absolute Gasteiger partial charge is 0.375 e. The Morgan fingerprint density at radius 1 is 1.12 bits per heavy atom. The zero-order chi connectivity index (χ0) is 11.8. The molecule has 2 fully saturated rings. The molecule has 2 aliphatic rings. The van der Waals surface area contributed by atoms with Crippen molar-refractivity contribution in [1.82, 2.24) is 0 Å². The van der Waals surface area contributed by atoms with Crippen LogP contribution in [0, 0.1) is 11.7 Å². The van der Waals surface area contributed by atoms with Gasteiger partial charge >= 0.3 is 0 Å². The number of halogens is 1. The Balaban J connectivity index is 1.76. The van der Waals surface area contributed by atoms with E-state index in [1.165, 1.54) is 12.1 Å². The quantitative estimate of drug-likeness (QED) is 0.735. The van der Waals surface area contributed by atoms with Gasteiger partial charge in [0.15, 0.2) is 5.78 Å². The minimum absolute atomic E-state index is 0.0618. The van der Waals surface area contributed by atoms with Gasteiger partial charge in [-0.15, -0.1) is 0 Å². The molecular formula is C14H15FO2. The molecule has 3 rings (SSSR count). The lowest BCUT2D eigenvalue weighted by Crippen LogP contribution is -2.30. The summed E-state index contributed by atoms with van der Waals surface area (Å²) in [4.78, 5) is 12.3. The number of rotatable bonds is 2. The van der Waals surface area contributed by atoms with Crippen LogP contribution in [0.15, 0.2) is 24.3 Å². The van der Waals surface area contributed by atoms with Gasteiger partial charge in [0, 0.05) is 11.5 Å². The van der Waals surface area contributed by atoms with E-state index in [4.69, 9.17) is 4.74 Å². The minimum atomic E-state index is -0.298. The molecule has 90 valence electrons. The number of hydrogen-bond acceptors (Lipinski definition) is 2. The Hall–Kier alpha value is -1.22. The molecule has 0 aliphatic carbocycles. The first-order valence-corrected chi connectivity index (χ1v) is 6.17. The molecule has 2 unspecified atom stereocenters. The lowest BCUT2D eigenvalue weighted by Gasteiger charge is -2.27. The molecule has 2 atom stereocenters. The van der Waals surface area contributed by atoms with E-state index in [-0.39, 0.29) is 29.7 Å². The molecule has 2 nitrogen and oxygen atoms in total. The van der Waals surface area contributed by atoms with Crippen LogP contribution in [0.2, 0.25) is 0 Å². The zero-order valence-electron chi connectivity index (χ0n) is 9.56. The number of fused-ring (bicyclic) bond motifs is 2. The first kappa shape index (κ1) is 10.9. The van der Waals surface area contributed by atoms with Gasteiger partial charge in [-0.2, -0.15) is 0 Å². The van der Waals surface area contributed by atoms with Gasteiger partial charge in [0.05, 0.1) is 12.2 Å². The van der Waals surface area contributed by atoms with Crippen molar-refractivity contribution in [2.24, 2.45) is 5.92 Å². The fourth-order valence-corrected chi connectivity index (χ4v) is 2.92. The summed E-state index contributed by atoms with van der Waals surface area (Å²) in [5.41, 5.74) is 0.623. The van der Waals surface area contributed by atoms with Gasteiger partial charge < -0.3 is 4.74 Å². The molecule has 0 radical (unpaired) electrons. The number of hydrogen-bond donors (Lipinski definition) is 0. The third kappa shape index (κ3) is 2.12. The van der Waals surface area contributed by atoms with Crippen LogP contribution >= 0.6 is 0 Å². The Labute approximate surface area is 99.8 Å². The van der Waals surface area contributed by atoms with Gasteiger partial charge in [0.25, 0.3) is 0 Å². The number of Topliss-reactive ketones (excluding diaryl/α,β-unsaturated/α-hetero) is 1. The second-order valence-corrected chi connectivity index (χ2v) is 5.00. The maximum absolute atomic E-state index is 12.8. The van der Waals surface area contributed by atoms with Crippen molar-refractivity contribution in [2.75, 3.05) is 0 Å². The van der Waals surface area contributed by atoms with Gasteiger partial charge in [-0.05, 0) is 49.9 Å². The third-order valence-electron chi connectivity index (χ3n) is 3.79. The number of ketones is 1. The molecule has 3 heteroatoms. The van der Waals surface area contributed by atoms with Crippen LogP contribution in [0.25, 0.3) is 0 Å². The fraction of sp³-hybridized carbons (Fsp3) is 0.500. The normalized spacial score (nSPS) is 31.5. The second-order valence-electron chi connectivity index (χ2n) is 5.00. The molecule has 0 aromatic heterocycles. The number of carbonyl (C=O) groups excluding carboxylic acids is 1. The van der Waals surface area contributed by atoms with E-state index in [0.29, 0.717) is 5.56 Å². The Morgan fingerprint density at radius 2 is 1.71 bits per heavy atom. The highest BCUT2D eigenvalue weighted by Gasteiger charge is 2.38. The molecule has 2 bridgehead atoms. The molecule has 2 saturated heterocycles. The average molecular weight is 234 g/mol. The molecule has 2 heterocycles. The minimum Gasteiger partial charge on any atom is -0.375 e. The van der Waals surface area contributed by atoms with Crippen LogP contribution in [0.4, 0.5) is 4.39 Å². The van der Waals surface area contributed by atoms with Gasteiger partial charge in [0.2, 0.25) is 0 Å². The van der Waals surface area contributed by atoms with Crippen molar-refractivity contribution in [3.63, 3.8) is 0 Å². The van der Waals surface area contributed by atoms with Gasteiger partial charge in [-0.1, -0.05) is 0 Å². The summed E-state index contributed by atoms with van der Waals surface area (Å²) in [5.74, 6) is -0.0921. The summed E-state index contributed by atoms with van der Waals surface area (Å²) >= 11 is 0. The molecule has 17 heavy (non-hydrogen) atoms. The molecule has 0 N–H and O–H groups in total. The predicted molar refractivity (Wildman–Crippen MR) is 61.3 cm³/mol. The monoisotopic (exact) mass is 234 g/mol. The lowest BCUT2D eigenvalue weighted by atomic mass is 9.88. The first-order chi connectivity index (χ1) is 8.22. The number of ether oxygens (including phenoxy) is 1. The summed E-state index contributed by atoms with van der Waals surface area (Å²) < 4.78 is 18.5. The van der Waals surface area contributed by atoms with Crippen LogP contribution in [-0.2, 0) is 4.74 Å². The summed E-state index contributed by atoms with van der Waals surface area (Å²) in [7, 11) is 0. The van der Waals surface area contributed by atoms with Crippen LogP contribution in [0.3, 0.4) is 0 Å². The van der Waals surface area contributed by atoms with Crippen molar-refractivity contribution in [3.05, 3.63) is 35.6 Å². The Bertz CT molecular complexity index is 414.